The van der Waals surface area contributed by atoms with Gasteiger partial charge in [0.25, 0.3) is 0 Å². The van der Waals surface area contributed by atoms with Gasteiger partial charge in [-0.25, -0.2) is 0 Å². The lowest BCUT2D eigenvalue weighted by Crippen LogP contribution is -2.61. The van der Waals surface area contributed by atoms with Crippen LogP contribution in [-0.4, -0.2) is 39.4 Å². The van der Waals surface area contributed by atoms with E-state index in [0.717, 1.165) is 32.1 Å². The first-order chi connectivity index (χ1) is 11.8. The number of Topliss-reactive ketones (excluding diaryl/α,β-unsaturated/α-hetero) is 1. The summed E-state index contributed by atoms with van der Waals surface area (Å²) < 4.78 is 0. The van der Waals surface area contributed by atoms with Crippen molar-refractivity contribution >= 4 is 5.78 Å². The zero-order valence-corrected chi connectivity index (χ0v) is 15.5. The minimum absolute atomic E-state index is 0.0730. The largest absolute Gasteiger partial charge is 0.393 e. The fourth-order valence-electron chi connectivity index (χ4n) is 7.48. The average Bonchev–Trinajstić information content (AvgIpc) is 2.85. The molecule has 3 N–H and O–H groups in total. The molecular formula is C21H32O4. The van der Waals surface area contributed by atoms with Gasteiger partial charge in [0.2, 0.25) is 0 Å². The van der Waals surface area contributed by atoms with Crippen molar-refractivity contribution in [2.45, 2.75) is 76.9 Å². The molecule has 4 heteroatoms. The lowest BCUT2D eigenvalue weighted by molar-refractivity contribution is -0.182. The predicted octanol–water partition coefficient (Wildman–Crippen LogP) is 2.60. The van der Waals surface area contributed by atoms with Crippen molar-refractivity contribution in [3.8, 4) is 0 Å². The summed E-state index contributed by atoms with van der Waals surface area (Å²) in [7, 11) is 0. The van der Waals surface area contributed by atoms with E-state index in [1.807, 2.05) is 6.92 Å². The lowest BCUT2D eigenvalue weighted by atomic mass is 9.45. The van der Waals surface area contributed by atoms with Crippen molar-refractivity contribution in [1.29, 1.82) is 0 Å². The Morgan fingerprint density at radius 1 is 1.28 bits per heavy atom. The number of fused-ring (bicyclic) bond motifs is 5. The van der Waals surface area contributed by atoms with E-state index in [0.29, 0.717) is 18.8 Å². The zero-order chi connectivity index (χ0) is 18.0. The van der Waals surface area contributed by atoms with Crippen LogP contribution in [-0.2, 0) is 4.79 Å². The molecule has 0 heterocycles. The molecule has 0 aromatic rings. The fraction of sp³-hybridized carbons (Fsp3) is 0.857. The van der Waals surface area contributed by atoms with Crippen molar-refractivity contribution in [3.05, 3.63) is 11.6 Å². The van der Waals surface area contributed by atoms with Crippen LogP contribution in [0.1, 0.15) is 65.2 Å². The molecule has 0 aliphatic heterocycles. The molecule has 4 aliphatic carbocycles. The second-order valence-corrected chi connectivity index (χ2v) is 9.54. The van der Waals surface area contributed by atoms with Crippen LogP contribution in [0.25, 0.3) is 0 Å². The van der Waals surface area contributed by atoms with Gasteiger partial charge < -0.3 is 15.3 Å². The molecule has 0 aromatic heterocycles. The second-order valence-electron chi connectivity index (χ2n) is 9.54. The van der Waals surface area contributed by atoms with E-state index in [1.54, 1.807) is 0 Å². The molecule has 25 heavy (non-hydrogen) atoms. The predicted molar refractivity (Wildman–Crippen MR) is 94.8 cm³/mol. The highest BCUT2D eigenvalue weighted by atomic mass is 16.3. The van der Waals surface area contributed by atoms with Crippen molar-refractivity contribution in [2.75, 3.05) is 6.61 Å². The van der Waals surface area contributed by atoms with Gasteiger partial charge in [-0.15, -0.1) is 0 Å². The van der Waals surface area contributed by atoms with Crippen LogP contribution in [0.15, 0.2) is 11.6 Å². The molecule has 0 saturated heterocycles. The Kier molecular flexibility index (Phi) is 3.99. The Balaban J connectivity index is 1.73. The number of ketones is 1. The van der Waals surface area contributed by atoms with Gasteiger partial charge in [0.1, 0.15) is 12.2 Å². The minimum atomic E-state index is -1.48. The third-order valence-electron chi connectivity index (χ3n) is 8.72. The summed E-state index contributed by atoms with van der Waals surface area (Å²) in [5.74, 6) is 0.372. The van der Waals surface area contributed by atoms with Crippen LogP contribution in [0.5, 0.6) is 0 Å². The minimum Gasteiger partial charge on any atom is -0.393 e. The SMILES string of the molecule is C[C@]12CCCC=C1CC[C@@H]1[C@@H]2[C@H](O)C[C@@]2(C)[C@H]1CC[C@]2(O)C(=O)CO. The lowest BCUT2D eigenvalue weighted by Gasteiger charge is -2.60. The molecule has 4 nitrogen and oxygen atoms in total. The summed E-state index contributed by atoms with van der Waals surface area (Å²) >= 11 is 0. The van der Waals surface area contributed by atoms with Gasteiger partial charge in [0.05, 0.1) is 6.10 Å². The zero-order valence-electron chi connectivity index (χ0n) is 15.5. The summed E-state index contributed by atoms with van der Waals surface area (Å²) in [5, 5.41) is 31.8. The topological polar surface area (TPSA) is 77.8 Å². The van der Waals surface area contributed by atoms with E-state index in [-0.39, 0.29) is 17.3 Å². The van der Waals surface area contributed by atoms with E-state index in [2.05, 4.69) is 13.0 Å². The van der Waals surface area contributed by atoms with Crippen molar-refractivity contribution in [1.82, 2.24) is 0 Å². The molecule has 0 amide bonds. The highest BCUT2D eigenvalue weighted by Crippen LogP contribution is 2.67. The van der Waals surface area contributed by atoms with Gasteiger partial charge in [-0.05, 0) is 74.5 Å². The van der Waals surface area contributed by atoms with Gasteiger partial charge >= 0.3 is 0 Å². The van der Waals surface area contributed by atoms with E-state index < -0.39 is 29.5 Å². The van der Waals surface area contributed by atoms with Crippen LogP contribution in [0, 0.1) is 28.6 Å². The highest BCUT2D eigenvalue weighted by Gasteiger charge is 2.67. The molecule has 0 aromatic carbocycles. The number of hydrogen-bond donors (Lipinski definition) is 3. The summed E-state index contributed by atoms with van der Waals surface area (Å²) in [6.45, 7) is 3.69. The first-order valence-electron chi connectivity index (χ1n) is 10.0. The van der Waals surface area contributed by atoms with Crippen molar-refractivity contribution in [3.63, 3.8) is 0 Å². The smallest absolute Gasteiger partial charge is 0.190 e. The monoisotopic (exact) mass is 348 g/mol. The van der Waals surface area contributed by atoms with Gasteiger partial charge in [0, 0.05) is 5.41 Å². The summed E-state index contributed by atoms with van der Waals surface area (Å²) in [6, 6.07) is 0. The number of allylic oxidation sites excluding steroid dienone is 2. The molecule has 4 aliphatic rings. The summed E-state index contributed by atoms with van der Waals surface area (Å²) in [6.07, 6.45) is 9.23. The standard InChI is InChI=1S/C21H32O4/c1-19-9-4-3-5-13(19)6-7-14-15-8-10-21(25,17(24)12-22)20(15,2)11-16(23)18(14)19/h5,14-16,18,22-23,25H,3-4,6-12H2,1-2H3/t14-,15-,16+,18+,19-,20-,21-/m0/s1. The van der Waals surface area contributed by atoms with Crippen LogP contribution in [0.2, 0.25) is 0 Å². The number of rotatable bonds is 2. The third-order valence-corrected chi connectivity index (χ3v) is 8.72. The maximum atomic E-state index is 12.4. The van der Waals surface area contributed by atoms with E-state index >= 15 is 0 Å². The molecule has 0 unspecified atom stereocenters. The quantitative estimate of drug-likeness (QED) is 0.670. The van der Waals surface area contributed by atoms with Crippen LogP contribution in [0.4, 0.5) is 0 Å². The number of aliphatic hydroxyl groups is 3. The molecule has 3 fully saturated rings. The first-order valence-corrected chi connectivity index (χ1v) is 10.0. The number of aliphatic hydroxyl groups excluding tert-OH is 2. The fourth-order valence-corrected chi connectivity index (χ4v) is 7.48. The van der Waals surface area contributed by atoms with E-state index in [1.165, 1.54) is 12.0 Å². The molecule has 0 radical (unpaired) electrons. The van der Waals surface area contributed by atoms with Crippen molar-refractivity contribution in [2.24, 2.45) is 28.6 Å². The van der Waals surface area contributed by atoms with Gasteiger partial charge in [0.15, 0.2) is 5.78 Å². The Hall–Kier alpha value is -0.710. The van der Waals surface area contributed by atoms with Crippen LogP contribution >= 0.6 is 0 Å². The molecule has 7 atom stereocenters. The Morgan fingerprint density at radius 2 is 2.04 bits per heavy atom. The molecular weight excluding hydrogens is 316 g/mol. The van der Waals surface area contributed by atoms with Gasteiger partial charge in [-0.2, -0.15) is 0 Å². The van der Waals surface area contributed by atoms with E-state index in [9.17, 15) is 20.1 Å². The Labute approximate surface area is 150 Å². The molecule has 0 spiro atoms. The third kappa shape index (κ3) is 2.14. The molecule has 140 valence electrons. The number of carbonyl (C=O) groups is 1. The molecule has 3 saturated carbocycles. The summed E-state index contributed by atoms with van der Waals surface area (Å²) in [4.78, 5) is 12.4. The first kappa shape index (κ1) is 17.7. The van der Waals surface area contributed by atoms with E-state index in [4.69, 9.17) is 0 Å². The number of carbonyl (C=O) groups excluding carboxylic acids is 1. The van der Waals surface area contributed by atoms with Gasteiger partial charge in [-0.1, -0.05) is 25.5 Å². The maximum Gasteiger partial charge on any atom is 0.190 e. The molecule has 4 rings (SSSR count). The Bertz CT molecular complexity index is 613. The summed E-state index contributed by atoms with van der Waals surface area (Å²) in [5.41, 5.74) is -0.507. The Morgan fingerprint density at radius 3 is 2.76 bits per heavy atom. The molecule has 0 bridgehead atoms. The van der Waals surface area contributed by atoms with Gasteiger partial charge in [-0.3, -0.25) is 4.79 Å². The normalized spacial score (nSPS) is 52.0. The number of hydrogen-bond acceptors (Lipinski definition) is 4. The highest BCUT2D eigenvalue weighted by molar-refractivity contribution is 5.89. The van der Waals surface area contributed by atoms with Crippen LogP contribution < -0.4 is 0 Å². The maximum absolute atomic E-state index is 12.4. The average molecular weight is 348 g/mol. The van der Waals surface area contributed by atoms with Crippen LogP contribution in [0.3, 0.4) is 0 Å². The second kappa shape index (κ2) is 5.64. The van der Waals surface area contributed by atoms with Crippen molar-refractivity contribution < 1.29 is 20.1 Å².